The summed E-state index contributed by atoms with van der Waals surface area (Å²) in [6, 6.07) is 13.0. The second kappa shape index (κ2) is 17.5. The zero-order valence-electron chi connectivity index (χ0n) is 37.4. The Hall–Kier alpha value is -5.94. The Morgan fingerprint density at radius 2 is 1.63 bits per heavy atom. The number of halogens is 2. The second-order valence-electron chi connectivity index (χ2n) is 18.6. The van der Waals surface area contributed by atoms with E-state index in [0.29, 0.717) is 79.2 Å². The smallest absolute Gasteiger partial charge is 0.258 e. The number of piperazine rings is 1. The van der Waals surface area contributed by atoms with Crippen LogP contribution in [0.25, 0.3) is 22.3 Å². The van der Waals surface area contributed by atoms with Gasteiger partial charge < -0.3 is 23.8 Å². The maximum atomic E-state index is 15.4. The molecule has 2 aromatic carbocycles. The molecule has 2 N–H and O–H groups in total. The molecular weight excluding hydrogens is 835 g/mol. The van der Waals surface area contributed by atoms with Gasteiger partial charge in [-0.3, -0.25) is 34.9 Å². The fourth-order valence-electron chi connectivity index (χ4n) is 11.2. The molecule has 0 unspecified atom stereocenters. The predicted molar refractivity (Wildman–Crippen MR) is 241 cm³/mol. The highest BCUT2D eigenvalue weighted by Gasteiger charge is 2.37. The zero-order chi connectivity index (χ0) is 45.1. The highest BCUT2D eigenvalue weighted by atomic mass is 19.1. The number of carbonyl (C=O) groups is 3. The second-order valence-corrected chi connectivity index (χ2v) is 18.6. The van der Waals surface area contributed by atoms with E-state index < -0.39 is 29.4 Å². The SMILES string of the molecule is COC[C@H]1CN(c2ccc3nc4n(c3c2)C[C@H]2CC[C@@H](COc3c(c(C)nn3C)-c3cc(cc(C)n3)C(=O)N4)C2)CCN1C1CCN(c2cc(F)c([C@H]3CCC(=O)NC3=O)c(F)c2)CC1. The number of fused-ring (bicyclic) bond motifs is 9. The van der Waals surface area contributed by atoms with E-state index in [1.54, 1.807) is 17.9 Å². The molecule has 0 spiro atoms. The van der Waals surface area contributed by atoms with Crippen LogP contribution in [0.1, 0.15) is 78.2 Å². The lowest BCUT2D eigenvalue weighted by molar-refractivity contribution is -0.134. The first-order valence-electron chi connectivity index (χ1n) is 22.9. The Morgan fingerprint density at radius 3 is 2.40 bits per heavy atom. The van der Waals surface area contributed by atoms with Crippen molar-refractivity contribution in [2.75, 3.05) is 68.2 Å². The van der Waals surface area contributed by atoms with Gasteiger partial charge in [0.25, 0.3) is 5.91 Å². The quantitative estimate of drug-likeness (QED) is 0.190. The van der Waals surface area contributed by atoms with Crippen LogP contribution >= 0.6 is 0 Å². The molecule has 3 amide bonds. The summed E-state index contributed by atoms with van der Waals surface area (Å²) >= 11 is 0. The number of aryl methyl sites for hydroxylation is 3. The number of hydrogen-bond acceptors (Lipinski definition) is 11. The Morgan fingerprint density at radius 1 is 0.846 bits per heavy atom. The van der Waals surface area contributed by atoms with Crippen molar-refractivity contribution in [3.63, 3.8) is 0 Å². The van der Waals surface area contributed by atoms with Gasteiger partial charge in [0.2, 0.25) is 23.6 Å². The monoisotopic (exact) mass is 890 g/mol. The fourth-order valence-corrected chi connectivity index (χ4v) is 11.2. The molecule has 5 aromatic rings. The molecule has 3 aromatic heterocycles. The van der Waals surface area contributed by atoms with Crippen LogP contribution in [0, 0.1) is 37.3 Å². The van der Waals surface area contributed by atoms with E-state index in [2.05, 4.69) is 48.3 Å². The van der Waals surface area contributed by atoms with Crippen molar-refractivity contribution in [1.82, 2.24) is 34.5 Å². The van der Waals surface area contributed by atoms with Crippen molar-refractivity contribution in [2.24, 2.45) is 18.9 Å². The molecule has 4 fully saturated rings. The van der Waals surface area contributed by atoms with Crippen molar-refractivity contribution in [1.29, 1.82) is 0 Å². The van der Waals surface area contributed by atoms with Crippen LogP contribution in [0.4, 0.5) is 26.1 Å². The fraction of sp³-hybridized carbons (Fsp3) is 0.500. The van der Waals surface area contributed by atoms with Gasteiger partial charge in [-0.1, -0.05) is 0 Å². The Labute approximate surface area is 376 Å². The maximum Gasteiger partial charge on any atom is 0.258 e. The highest BCUT2D eigenvalue weighted by Crippen LogP contribution is 2.39. The number of methoxy groups -OCH3 is 1. The number of imide groups is 1. The first kappa shape index (κ1) is 43.0. The van der Waals surface area contributed by atoms with Crippen LogP contribution < -0.4 is 25.2 Å². The number of anilines is 3. The molecule has 4 bridgehead atoms. The Kier molecular flexibility index (Phi) is 11.5. The van der Waals surface area contributed by atoms with Gasteiger partial charge in [0.05, 0.1) is 53.2 Å². The van der Waals surface area contributed by atoms with E-state index >= 15 is 8.78 Å². The molecule has 342 valence electrons. The lowest BCUT2D eigenvalue weighted by atomic mass is 9.89. The summed E-state index contributed by atoms with van der Waals surface area (Å²) in [5.74, 6) is -1.96. The van der Waals surface area contributed by atoms with Crippen LogP contribution in [0.5, 0.6) is 5.88 Å². The lowest BCUT2D eigenvalue weighted by Gasteiger charge is -2.48. The van der Waals surface area contributed by atoms with E-state index in [1.165, 1.54) is 12.1 Å². The number of ether oxygens (including phenoxy) is 2. The van der Waals surface area contributed by atoms with Crippen LogP contribution in [0.15, 0.2) is 42.5 Å². The molecular formula is C48H56F2N10O5. The minimum atomic E-state index is -1.03. The molecule has 1 aliphatic carbocycles. The third-order valence-electron chi connectivity index (χ3n) is 14.3. The normalized spacial score (nSPS) is 23.4. The number of imidazole rings is 1. The number of nitrogens with one attached hydrogen (secondary N) is 2. The third kappa shape index (κ3) is 8.32. The first-order valence-corrected chi connectivity index (χ1v) is 22.9. The standard InChI is InChI=1S/C48H56F2N10O5/c1-27-17-31-19-40(51-27)43-28(2)55-56(3)47(43)65-25-30-6-5-29(18-30)23-60-41-22-33(7-9-39(41)52-48(60)54-45(31)62)58-15-16-59(35(24-58)26-64-4)32-11-13-57(14-12-32)34-20-37(49)44(38(50)21-34)36-8-10-42(61)53-46(36)63/h7,9,17,19-22,29-30,32,35-36H,5-6,8,10-16,18,23-26H2,1-4H3,(H,52,54,62)(H,53,61,63)/t29-,30+,35+,36+/m0/s1. The maximum absolute atomic E-state index is 15.4. The average molecular weight is 891 g/mol. The van der Waals surface area contributed by atoms with Gasteiger partial charge in [0.1, 0.15) is 11.6 Å². The molecule has 15 nitrogen and oxygen atoms in total. The van der Waals surface area contributed by atoms with E-state index in [0.717, 1.165) is 79.7 Å². The summed E-state index contributed by atoms with van der Waals surface area (Å²) in [6.07, 6.45) is 4.85. The summed E-state index contributed by atoms with van der Waals surface area (Å²) in [5.41, 5.74) is 6.48. The number of pyridine rings is 1. The van der Waals surface area contributed by atoms with Crippen molar-refractivity contribution in [3.8, 4) is 17.1 Å². The number of carbonyl (C=O) groups excluding carboxylic acids is 3. The van der Waals surface area contributed by atoms with Crippen molar-refractivity contribution in [3.05, 3.63) is 76.6 Å². The largest absolute Gasteiger partial charge is 0.477 e. The molecule has 4 aliphatic heterocycles. The minimum absolute atomic E-state index is 0.0483. The highest BCUT2D eigenvalue weighted by molar-refractivity contribution is 6.05. The van der Waals surface area contributed by atoms with Gasteiger partial charge in [-0.05, 0) is 107 Å². The van der Waals surface area contributed by atoms with Gasteiger partial charge >= 0.3 is 0 Å². The summed E-state index contributed by atoms with van der Waals surface area (Å²) in [5, 5.41) is 10.1. The molecule has 5 aliphatic rings. The molecule has 4 atom stereocenters. The van der Waals surface area contributed by atoms with Crippen molar-refractivity contribution in [2.45, 2.75) is 83.3 Å². The van der Waals surface area contributed by atoms with E-state index in [1.807, 2.05) is 31.9 Å². The molecule has 17 heteroatoms. The van der Waals surface area contributed by atoms with E-state index in [-0.39, 0.29) is 36.4 Å². The van der Waals surface area contributed by atoms with Gasteiger partial charge in [-0.15, -0.1) is 0 Å². The number of nitrogens with zero attached hydrogens (tertiary/aromatic N) is 8. The summed E-state index contributed by atoms with van der Waals surface area (Å²) in [7, 11) is 3.62. The molecule has 1 saturated carbocycles. The molecule has 10 rings (SSSR count). The first-order chi connectivity index (χ1) is 31.4. The number of hydrogen-bond donors (Lipinski definition) is 2. The summed E-state index contributed by atoms with van der Waals surface area (Å²) < 4.78 is 47.2. The molecule has 3 saturated heterocycles. The van der Waals surface area contributed by atoms with Gasteiger partial charge in [-0.2, -0.15) is 5.10 Å². The van der Waals surface area contributed by atoms with Gasteiger partial charge in [-0.25, -0.2) is 18.4 Å². The minimum Gasteiger partial charge on any atom is -0.477 e. The average Bonchev–Trinajstić information content (AvgIpc) is 3.96. The van der Waals surface area contributed by atoms with Crippen molar-refractivity contribution < 1.29 is 32.6 Å². The zero-order valence-corrected chi connectivity index (χ0v) is 37.4. The van der Waals surface area contributed by atoms with Gasteiger partial charge in [0.15, 0.2) is 0 Å². The van der Waals surface area contributed by atoms with Crippen LogP contribution in [-0.4, -0.2) is 112 Å². The summed E-state index contributed by atoms with van der Waals surface area (Å²) in [6.45, 7) is 9.30. The Bertz CT molecular complexity index is 2650. The van der Waals surface area contributed by atoms with Crippen LogP contribution in [0.2, 0.25) is 0 Å². The number of amides is 3. The van der Waals surface area contributed by atoms with Crippen LogP contribution in [0.3, 0.4) is 0 Å². The number of rotatable bonds is 6. The number of benzene rings is 2. The van der Waals surface area contributed by atoms with E-state index in [9.17, 15) is 14.4 Å². The Balaban J connectivity index is 0.863. The number of piperidine rings is 2. The molecule has 0 radical (unpaired) electrons. The van der Waals surface area contributed by atoms with E-state index in [4.69, 9.17) is 19.4 Å². The molecule has 65 heavy (non-hydrogen) atoms. The lowest BCUT2D eigenvalue weighted by Crippen LogP contribution is -2.60. The summed E-state index contributed by atoms with van der Waals surface area (Å²) in [4.78, 5) is 55.0. The van der Waals surface area contributed by atoms with Crippen molar-refractivity contribution >= 4 is 46.1 Å². The predicted octanol–water partition coefficient (Wildman–Crippen LogP) is 6.11. The molecule has 7 heterocycles. The third-order valence-corrected chi connectivity index (χ3v) is 14.3. The number of aromatic nitrogens is 5. The van der Waals surface area contributed by atoms with Gasteiger partial charge in [0, 0.05) is 94.1 Å². The topological polar surface area (TPSA) is 152 Å². The van der Waals surface area contributed by atoms with Crippen LogP contribution in [-0.2, 0) is 27.9 Å².